The first-order chi connectivity index (χ1) is 9.01. The molecule has 2 heterocycles. The van der Waals surface area contributed by atoms with Gasteiger partial charge in [-0.1, -0.05) is 0 Å². The van der Waals surface area contributed by atoms with Crippen LogP contribution in [-0.2, 0) is 7.05 Å². The summed E-state index contributed by atoms with van der Waals surface area (Å²) in [4.78, 5) is 24.4. The molecule has 0 saturated heterocycles. The number of ether oxygens (including phenoxy) is 1. The van der Waals surface area contributed by atoms with E-state index in [0.717, 1.165) is 4.47 Å². The summed E-state index contributed by atoms with van der Waals surface area (Å²) in [5, 5.41) is 5.82. The molecule has 0 bridgehead atoms. The van der Waals surface area contributed by atoms with E-state index in [1.165, 1.54) is 29.2 Å². The van der Waals surface area contributed by atoms with Crippen molar-refractivity contribution >= 4 is 38.8 Å². The van der Waals surface area contributed by atoms with Crippen molar-refractivity contribution in [3.63, 3.8) is 0 Å². The third-order valence-electron chi connectivity index (χ3n) is 2.50. The molecule has 0 aliphatic rings. The van der Waals surface area contributed by atoms with Crippen molar-refractivity contribution in [1.82, 2.24) is 9.78 Å². The number of methoxy groups -OCH3 is 1. The van der Waals surface area contributed by atoms with Crippen molar-refractivity contribution in [3.05, 3.63) is 32.6 Å². The predicted molar refractivity (Wildman–Crippen MR) is 75.1 cm³/mol. The van der Waals surface area contributed by atoms with Gasteiger partial charge in [-0.3, -0.25) is 9.59 Å². The van der Waals surface area contributed by atoms with Crippen molar-refractivity contribution in [3.8, 4) is 5.88 Å². The molecule has 7 heteroatoms. The Bertz CT molecular complexity index is 633. The summed E-state index contributed by atoms with van der Waals surface area (Å²) in [6.07, 6.45) is -0.187. The van der Waals surface area contributed by atoms with Crippen LogP contribution in [0.3, 0.4) is 0 Å². The van der Waals surface area contributed by atoms with E-state index in [2.05, 4.69) is 21.0 Å². The van der Waals surface area contributed by atoms with Crippen molar-refractivity contribution in [2.45, 2.75) is 6.42 Å². The molecule has 2 aromatic heterocycles. The number of nitrogens with zero attached hydrogens (tertiary/aromatic N) is 2. The van der Waals surface area contributed by atoms with E-state index >= 15 is 0 Å². The second-order valence-corrected chi connectivity index (χ2v) is 5.67. The summed E-state index contributed by atoms with van der Waals surface area (Å²) >= 11 is 4.58. The number of aromatic nitrogens is 2. The monoisotopic (exact) mass is 342 g/mol. The number of aryl methyl sites for hydroxylation is 1. The fourth-order valence-corrected chi connectivity index (χ4v) is 2.93. The van der Waals surface area contributed by atoms with Gasteiger partial charge >= 0.3 is 0 Å². The van der Waals surface area contributed by atoms with Gasteiger partial charge in [-0.2, -0.15) is 5.10 Å². The van der Waals surface area contributed by atoms with Gasteiger partial charge in [0, 0.05) is 23.0 Å². The fraction of sp³-hybridized carbons (Fsp3) is 0.250. The number of carbonyl (C=O) groups excluding carboxylic acids is 2. The Kier molecular flexibility index (Phi) is 4.16. The zero-order valence-electron chi connectivity index (χ0n) is 10.3. The highest BCUT2D eigenvalue weighted by molar-refractivity contribution is 9.10. The molecule has 0 N–H and O–H groups in total. The summed E-state index contributed by atoms with van der Waals surface area (Å²) in [5.74, 6) is -0.0339. The molecule has 0 fully saturated rings. The predicted octanol–water partition coefficient (Wildman–Crippen LogP) is 2.71. The summed E-state index contributed by atoms with van der Waals surface area (Å²) in [5.41, 5.74) is 0.239. The Balaban J connectivity index is 2.10. The van der Waals surface area contributed by atoms with E-state index in [4.69, 9.17) is 4.74 Å². The minimum Gasteiger partial charge on any atom is -0.481 e. The molecule has 0 atom stereocenters. The van der Waals surface area contributed by atoms with Gasteiger partial charge in [0.1, 0.15) is 5.69 Å². The molecule has 0 amide bonds. The molecule has 19 heavy (non-hydrogen) atoms. The summed E-state index contributed by atoms with van der Waals surface area (Å²) in [7, 11) is 3.17. The van der Waals surface area contributed by atoms with Crippen LogP contribution in [0.1, 0.15) is 26.6 Å². The van der Waals surface area contributed by atoms with Crippen LogP contribution in [0.5, 0.6) is 5.88 Å². The molecule has 2 aromatic rings. The van der Waals surface area contributed by atoms with Crippen LogP contribution < -0.4 is 4.74 Å². The lowest BCUT2D eigenvalue weighted by molar-refractivity contribution is 0.0893. The molecule has 5 nitrogen and oxygen atoms in total. The van der Waals surface area contributed by atoms with Crippen LogP contribution in [-0.4, -0.2) is 28.5 Å². The van der Waals surface area contributed by atoms with Crippen molar-refractivity contribution < 1.29 is 14.3 Å². The zero-order valence-corrected chi connectivity index (χ0v) is 12.7. The Labute approximate surface area is 122 Å². The highest BCUT2D eigenvalue weighted by atomic mass is 79.9. The maximum Gasteiger partial charge on any atom is 0.211 e. The number of carbonyl (C=O) groups is 2. The molecule has 0 spiro atoms. The Morgan fingerprint density at radius 2 is 2.16 bits per heavy atom. The Morgan fingerprint density at radius 1 is 1.42 bits per heavy atom. The average Bonchev–Trinajstić information content (AvgIpc) is 2.95. The van der Waals surface area contributed by atoms with Gasteiger partial charge in [0.2, 0.25) is 5.88 Å². The van der Waals surface area contributed by atoms with Gasteiger partial charge in [0.25, 0.3) is 0 Å². The minimum atomic E-state index is -0.312. The lowest BCUT2D eigenvalue weighted by Crippen LogP contribution is -2.08. The average molecular weight is 343 g/mol. The number of hydrogen-bond acceptors (Lipinski definition) is 5. The van der Waals surface area contributed by atoms with Gasteiger partial charge in [-0.05, 0) is 22.0 Å². The molecule has 0 aliphatic heterocycles. The van der Waals surface area contributed by atoms with Crippen LogP contribution in [0.2, 0.25) is 0 Å². The molecule has 100 valence electrons. The van der Waals surface area contributed by atoms with Crippen molar-refractivity contribution in [2.75, 3.05) is 7.11 Å². The number of thiophene rings is 1. The van der Waals surface area contributed by atoms with Crippen LogP contribution >= 0.6 is 27.3 Å². The van der Waals surface area contributed by atoms with Crippen LogP contribution in [0.25, 0.3) is 0 Å². The van der Waals surface area contributed by atoms with Crippen molar-refractivity contribution in [1.29, 1.82) is 0 Å². The second-order valence-electron chi connectivity index (χ2n) is 3.85. The largest absolute Gasteiger partial charge is 0.481 e. The summed E-state index contributed by atoms with van der Waals surface area (Å²) < 4.78 is 7.33. The lowest BCUT2D eigenvalue weighted by Gasteiger charge is -1.95. The number of Topliss-reactive ketones (excluding diaryl/α,β-unsaturated/α-hetero) is 2. The first-order valence-corrected chi connectivity index (χ1v) is 7.07. The van der Waals surface area contributed by atoms with Gasteiger partial charge in [-0.15, -0.1) is 11.3 Å². The maximum absolute atomic E-state index is 12.0. The number of hydrogen-bond donors (Lipinski definition) is 0. The normalized spacial score (nSPS) is 10.5. The smallest absolute Gasteiger partial charge is 0.211 e. The molecule has 0 aliphatic carbocycles. The van der Waals surface area contributed by atoms with Crippen LogP contribution in [0, 0.1) is 0 Å². The molecular weight excluding hydrogens is 332 g/mol. The SMILES string of the molecule is COc1cc(C(=O)CC(=O)c2cc(Br)cs2)nn1C. The molecule has 0 aromatic carbocycles. The van der Waals surface area contributed by atoms with Gasteiger partial charge in [-0.25, -0.2) is 4.68 Å². The van der Waals surface area contributed by atoms with Crippen LogP contribution in [0.15, 0.2) is 22.0 Å². The van der Waals surface area contributed by atoms with E-state index in [1.54, 1.807) is 13.1 Å². The van der Waals surface area contributed by atoms with E-state index in [0.29, 0.717) is 10.8 Å². The zero-order chi connectivity index (χ0) is 14.0. The number of rotatable bonds is 5. The van der Waals surface area contributed by atoms with E-state index in [1.807, 2.05) is 5.38 Å². The van der Waals surface area contributed by atoms with Gasteiger partial charge < -0.3 is 4.74 Å². The Hall–Kier alpha value is -1.47. The Morgan fingerprint density at radius 3 is 2.68 bits per heavy atom. The van der Waals surface area contributed by atoms with Gasteiger partial charge in [0.15, 0.2) is 11.6 Å². The van der Waals surface area contributed by atoms with Crippen molar-refractivity contribution in [2.24, 2.45) is 7.05 Å². The molecule has 2 rings (SSSR count). The molecule has 0 unspecified atom stereocenters. The maximum atomic E-state index is 12.0. The first kappa shape index (κ1) is 14.0. The topological polar surface area (TPSA) is 61.2 Å². The molecule has 0 saturated carbocycles. The van der Waals surface area contributed by atoms with E-state index < -0.39 is 0 Å². The summed E-state index contributed by atoms with van der Waals surface area (Å²) in [6.45, 7) is 0. The highest BCUT2D eigenvalue weighted by Crippen LogP contribution is 2.22. The first-order valence-electron chi connectivity index (χ1n) is 5.39. The third-order valence-corrected chi connectivity index (χ3v) is 4.23. The quantitative estimate of drug-likeness (QED) is 0.619. The standard InChI is InChI=1S/C12H11BrN2O3S/c1-15-12(18-2)4-8(14-15)9(16)5-10(17)11-3-7(13)6-19-11/h3-4,6H,5H2,1-2H3. The highest BCUT2D eigenvalue weighted by Gasteiger charge is 2.18. The van der Waals surface area contributed by atoms with Crippen LogP contribution in [0.4, 0.5) is 0 Å². The number of halogens is 1. The summed E-state index contributed by atoms with van der Waals surface area (Å²) in [6, 6.07) is 3.24. The molecule has 0 radical (unpaired) electrons. The second kappa shape index (κ2) is 5.66. The number of ketones is 2. The fourth-order valence-electron chi connectivity index (χ4n) is 1.56. The van der Waals surface area contributed by atoms with E-state index in [-0.39, 0.29) is 23.7 Å². The molecular formula is C12H11BrN2O3S. The van der Waals surface area contributed by atoms with Gasteiger partial charge in [0.05, 0.1) is 18.4 Å². The van der Waals surface area contributed by atoms with E-state index in [9.17, 15) is 9.59 Å². The minimum absolute atomic E-state index is 0.187. The third kappa shape index (κ3) is 3.10. The lowest BCUT2D eigenvalue weighted by atomic mass is 10.1.